The van der Waals surface area contributed by atoms with E-state index in [1.165, 1.54) is 12.4 Å². The van der Waals surface area contributed by atoms with Gasteiger partial charge in [-0.2, -0.15) is 0 Å². The van der Waals surface area contributed by atoms with Crippen LogP contribution in [0.1, 0.15) is 29.0 Å². The largest absolute Gasteiger partial charge is 0.476 e. The lowest BCUT2D eigenvalue weighted by Crippen LogP contribution is -2.13. The van der Waals surface area contributed by atoms with Crippen LogP contribution in [0.15, 0.2) is 41.1 Å². The van der Waals surface area contributed by atoms with Crippen LogP contribution in [-0.4, -0.2) is 21.0 Å². The summed E-state index contributed by atoms with van der Waals surface area (Å²) in [4.78, 5) is 18.9. The maximum atomic E-state index is 11.0. The highest BCUT2D eigenvalue weighted by Crippen LogP contribution is 2.21. The van der Waals surface area contributed by atoms with Crippen LogP contribution in [0.3, 0.4) is 0 Å². The van der Waals surface area contributed by atoms with Crippen molar-refractivity contribution in [2.45, 2.75) is 13.0 Å². The second kappa shape index (κ2) is 5.79. The van der Waals surface area contributed by atoms with Crippen LogP contribution in [0, 0.1) is 0 Å². The van der Waals surface area contributed by atoms with E-state index in [9.17, 15) is 4.79 Å². The maximum absolute atomic E-state index is 11.0. The fraction of sp³-hybridized carbons (Fsp3) is 0.154. The number of carbonyl (C=O) groups is 1. The van der Waals surface area contributed by atoms with E-state index in [0.29, 0.717) is 0 Å². The molecule has 0 bridgehead atoms. The summed E-state index contributed by atoms with van der Waals surface area (Å²) in [5.41, 5.74) is 0.955. The van der Waals surface area contributed by atoms with Gasteiger partial charge in [-0.05, 0) is 24.6 Å². The second-order valence-electron chi connectivity index (χ2n) is 3.98. The second-order valence-corrected chi connectivity index (χ2v) is 4.89. The minimum absolute atomic E-state index is 0.0668. The predicted octanol–water partition coefficient (Wildman–Crippen LogP) is 3.11. The number of nitrogens with zero attached hydrogens (tertiary/aromatic N) is 2. The smallest absolute Gasteiger partial charge is 0.358 e. The van der Waals surface area contributed by atoms with E-state index in [1.54, 1.807) is 0 Å². The van der Waals surface area contributed by atoms with E-state index in [1.807, 2.05) is 31.2 Å². The van der Waals surface area contributed by atoms with Gasteiger partial charge in [0, 0.05) is 16.9 Å². The Balaban J connectivity index is 2.21. The lowest BCUT2D eigenvalue weighted by Gasteiger charge is -2.15. The van der Waals surface area contributed by atoms with Gasteiger partial charge in [-0.1, -0.05) is 28.1 Å². The van der Waals surface area contributed by atoms with Gasteiger partial charge in [0.05, 0.1) is 6.04 Å². The van der Waals surface area contributed by atoms with Crippen molar-refractivity contribution in [3.63, 3.8) is 0 Å². The average Bonchev–Trinajstić information content (AvgIpc) is 2.39. The molecule has 0 aliphatic carbocycles. The van der Waals surface area contributed by atoms with Crippen molar-refractivity contribution in [2.24, 2.45) is 0 Å². The van der Waals surface area contributed by atoms with Crippen LogP contribution in [0.2, 0.25) is 0 Å². The topological polar surface area (TPSA) is 75.1 Å². The van der Waals surface area contributed by atoms with Gasteiger partial charge < -0.3 is 10.4 Å². The van der Waals surface area contributed by atoms with E-state index in [2.05, 4.69) is 31.2 Å². The van der Waals surface area contributed by atoms with Gasteiger partial charge in [0.2, 0.25) is 0 Å². The third kappa shape index (κ3) is 3.29. The highest BCUT2D eigenvalue weighted by Gasteiger charge is 2.15. The fourth-order valence-corrected chi connectivity index (χ4v) is 1.90. The Morgan fingerprint density at radius 1 is 1.26 bits per heavy atom. The quantitative estimate of drug-likeness (QED) is 0.905. The van der Waals surface area contributed by atoms with Crippen LogP contribution in [0.25, 0.3) is 0 Å². The first-order valence-electron chi connectivity index (χ1n) is 5.64. The van der Waals surface area contributed by atoms with Crippen molar-refractivity contribution in [2.75, 3.05) is 5.32 Å². The van der Waals surface area contributed by atoms with Crippen molar-refractivity contribution >= 4 is 27.7 Å². The highest BCUT2D eigenvalue weighted by atomic mass is 79.9. The molecular formula is C13H12BrN3O2. The van der Waals surface area contributed by atoms with Gasteiger partial charge in [-0.15, -0.1) is 0 Å². The summed E-state index contributed by atoms with van der Waals surface area (Å²) < 4.78 is 0.995. The third-order valence-corrected chi connectivity index (χ3v) is 3.15. The minimum Gasteiger partial charge on any atom is -0.476 e. The summed E-state index contributed by atoms with van der Waals surface area (Å²) in [6, 6.07) is 7.71. The number of anilines is 1. The summed E-state index contributed by atoms with van der Waals surface area (Å²) in [6.45, 7) is 1.93. The molecule has 0 saturated heterocycles. The zero-order chi connectivity index (χ0) is 13.8. The van der Waals surface area contributed by atoms with E-state index < -0.39 is 5.97 Å². The molecule has 0 aliphatic rings. The van der Waals surface area contributed by atoms with Gasteiger partial charge in [0.25, 0.3) is 0 Å². The Bertz CT molecular complexity index is 587. The van der Waals surface area contributed by atoms with Gasteiger partial charge in [-0.25, -0.2) is 14.8 Å². The van der Waals surface area contributed by atoms with Crippen LogP contribution in [0.4, 0.5) is 5.82 Å². The molecule has 0 radical (unpaired) electrons. The summed E-state index contributed by atoms with van der Waals surface area (Å²) in [5.74, 6) is -0.830. The molecule has 0 amide bonds. The minimum atomic E-state index is -1.10. The zero-order valence-electron chi connectivity index (χ0n) is 10.2. The summed E-state index contributed by atoms with van der Waals surface area (Å²) in [7, 11) is 0. The number of benzene rings is 1. The van der Waals surface area contributed by atoms with Crippen molar-refractivity contribution in [3.8, 4) is 0 Å². The van der Waals surface area contributed by atoms with Crippen LogP contribution in [0.5, 0.6) is 0 Å². The Morgan fingerprint density at radius 2 is 1.89 bits per heavy atom. The molecule has 1 aromatic carbocycles. The van der Waals surface area contributed by atoms with Crippen LogP contribution < -0.4 is 5.32 Å². The summed E-state index contributed by atoms with van der Waals surface area (Å²) in [6.07, 6.45) is 2.82. The molecule has 1 aromatic heterocycles. The maximum Gasteiger partial charge on any atom is 0.358 e. The van der Waals surface area contributed by atoms with Crippen molar-refractivity contribution < 1.29 is 9.90 Å². The van der Waals surface area contributed by atoms with E-state index >= 15 is 0 Å². The lowest BCUT2D eigenvalue weighted by atomic mass is 10.1. The van der Waals surface area contributed by atoms with Crippen molar-refractivity contribution in [1.29, 1.82) is 0 Å². The lowest BCUT2D eigenvalue weighted by molar-refractivity contribution is 0.0691. The molecule has 5 nitrogen and oxygen atoms in total. The van der Waals surface area contributed by atoms with Gasteiger partial charge in [0.15, 0.2) is 11.5 Å². The third-order valence-electron chi connectivity index (χ3n) is 2.62. The molecule has 98 valence electrons. The molecule has 1 heterocycles. The van der Waals surface area contributed by atoms with Gasteiger partial charge >= 0.3 is 5.97 Å². The molecule has 2 aromatic rings. The molecule has 19 heavy (non-hydrogen) atoms. The normalized spacial score (nSPS) is 11.9. The van der Waals surface area contributed by atoms with Crippen molar-refractivity contribution in [3.05, 3.63) is 52.4 Å². The number of hydrogen-bond acceptors (Lipinski definition) is 4. The number of aromatic nitrogens is 2. The number of carboxylic acids is 1. The zero-order valence-corrected chi connectivity index (χ0v) is 11.8. The Labute approximate surface area is 118 Å². The highest BCUT2D eigenvalue weighted by molar-refractivity contribution is 9.10. The summed E-state index contributed by atoms with van der Waals surface area (Å²) in [5, 5.41) is 12.1. The van der Waals surface area contributed by atoms with Crippen molar-refractivity contribution in [1.82, 2.24) is 9.97 Å². The Kier molecular flexibility index (Phi) is 4.11. The first-order chi connectivity index (χ1) is 9.08. The molecule has 2 N–H and O–H groups in total. The van der Waals surface area contributed by atoms with E-state index in [-0.39, 0.29) is 17.6 Å². The molecule has 1 unspecified atom stereocenters. The molecule has 0 fully saturated rings. The van der Waals surface area contributed by atoms with Gasteiger partial charge in [-0.3, -0.25) is 0 Å². The number of hydrogen-bond donors (Lipinski definition) is 2. The predicted molar refractivity (Wildman–Crippen MR) is 75.2 cm³/mol. The molecular weight excluding hydrogens is 310 g/mol. The number of aromatic carboxylic acids is 1. The first kappa shape index (κ1) is 13.5. The number of rotatable bonds is 4. The average molecular weight is 322 g/mol. The summed E-state index contributed by atoms with van der Waals surface area (Å²) >= 11 is 3.37. The fourth-order valence-electron chi connectivity index (χ4n) is 1.64. The van der Waals surface area contributed by atoms with E-state index in [4.69, 9.17) is 5.11 Å². The van der Waals surface area contributed by atoms with Crippen LogP contribution in [-0.2, 0) is 0 Å². The van der Waals surface area contributed by atoms with Crippen LogP contribution >= 0.6 is 15.9 Å². The standard InChI is InChI=1S/C13H12BrN3O2/c1-8(9-2-4-10(14)5-3-9)17-12-11(13(18)19)15-6-7-16-12/h2-8H,1H3,(H,16,17)(H,18,19). The molecule has 0 aliphatic heterocycles. The Morgan fingerprint density at radius 3 is 2.53 bits per heavy atom. The number of carboxylic acid groups (broad SMARTS) is 1. The molecule has 0 saturated carbocycles. The Hall–Kier alpha value is -1.95. The molecule has 0 spiro atoms. The van der Waals surface area contributed by atoms with Gasteiger partial charge in [0.1, 0.15) is 0 Å². The molecule has 2 rings (SSSR count). The SMILES string of the molecule is CC(Nc1nccnc1C(=O)O)c1ccc(Br)cc1. The first-order valence-corrected chi connectivity index (χ1v) is 6.43. The van der Waals surface area contributed by atoms with E-state index in [0.717, 1.165) is 10.0 Å². The number of nitrogens with one attached hydrogen (secondary N) is 1. The monoisotopic (exact) mass is 321 g/mol. The molecule has 6 heteroatoms. The molecule has 1 atom stereocenters. The number of halogens is 1.